The molecule has 0 spiro atoms. The molecular formula is C17H12F2N6. The van der Waals surface area contributed by atoms with E-state index in [1.165, 1.54) is 18.3 Å². The van der Waals surface area contributed by atoms with Gasteiger partial charge in [0.15, 0.2) is 5.82 Å². The van der Waals surface area contributed by atoms with Crippen molar-refractivity contribution in [2.24, 2.45) is 0 Å². The lowest BCUT2D eigenvalue weighted by Gasteiger charge is -2.06. The molecule has 0 amide bonds. The Balaban J connectivity index is 1.84. The lowest BCUT2D eigenvalue weighted by Crippen LogP contribution is -2.00. The normalized spacial score (nSPS) is 11.0. The number of aromatic amines is 1. The van der Waals surface area contributed by atoms with Crippen molar-refractivity contribution in [1.82, 2.24) is 30.4 Å². The first-order valence-corrected chi connectivity index (χ1v) is 7.47. The summed E-state index contributed by atoms with van der Waals surface area (Å²) in [6, 6.07) is 10.9. The Hall–Kier alpha value is -3.42. The molecule has 0 aliphatic rings. The highest BCUT2D eigenvalue weighted by Gasteiger charge is 2.18. The van der Waals surface area contributed by atoms with Crippen LogP contribution >= 0.6 is 0 Å². The van der Waals surface area contributed by atoms with Crippen molar-refractivity contribution in [2.75, 3.05) is 0 Å². The number of aryl methyl sites for hydroxylation is 1. The monoisotopic (exact) mass is 338 g/mol. The summed E-state index contributed by atoms with van der Waals surface area (Å²) in [5.41, 5.74) is 3.17. The fourth-order valence-corrected chi connectivity index (χ4v) is 2.59. The maximum absolute atomic E-state index is 13.6. The van der Waals surface area contributed by atoms with Crippen LogP contribution in [0.5, 0.6) is 0 Å². The summed E-state index contributed by atoms with van der Waals surface area (Å²) in [7, 11) is 0. The molecule has 25 heavy (non-hydrogen) atoms. The van der Waals surface area contributed by atoms with Gasteiger partial charge in [-0.05, 0) is 41.6 Å². The van der Waals surface area contributed by atoms with E-state index in [0.29, 0.717) is 22.6 Å². The minimum Gasteiger partial charge on any atom is -0.277 e. The van der Waals surface area contributed by atoms with Gasteiger partial charge in [0.05, 0.1) is 23.1 Å². The molecule has 2 aromatic heterocycles. The summed E-state index contributed by atoms with van der Waals surface area (Å²) in [4.78, 5) is 0. The van der Waals surface area contributed by atoms with Gasteiger partial charge in [-0.1, -0.05) is 17.7 Å². The molecule has 4 aromatic rings. The van der Waals surface area contributed by atoms with Gasteiger partial charge >= 0.3 is 0 Å². The maximum atomic E-state index is 13.6. The van der Waals surface area contributed by atoms with Crippen molar-refractivity contribution < 1.29 is 8.78 Å². The number of H-pyrrole nitrogens is 1. The molecule has 0 unspecified atom stereocenters. The molecule has 1 N–H and O–H groups in total. The molecule has 124 valence electrons. The number of halogens is 2. The second-order valence-corrected chi connectivity index (χ2v) is 5.57. The molecule has 0 aliphatic carbocycles. The van der Waals surface area contributed by atoms with Crippen LogP contribution in [0.25, 0.3) is 28.3 Å². The van der Waals surface area contributed by atoms with Crippen molar-refractivity contribution in [3.8, 4) is 28.3 Å². The molecule has 0 saturated heterocycles. The highest BCUT2D eigenvalue weighted by Crippen LogP contribution is 2.30. The fourth-order valence-electron chi connectivity index (χ4n) is 2.59. The zero-order valence-corrected chi connectivity index (χ0v) is 13.1. The van der Waals surface area contributed by atoms with E-state index in [4.69, 9.17) is 0 Å². The summed E-state index contributed by atoms with van der Waals surface area (Å²) in [6.45, 7) is 1.98. The van der Waals surface area contributed by atoms with E-state index in [9.17, 15) is 8.78 Å². The number of benzene rings is 2. The van der Waals surface area contributed by atoms with Gasteiger partial charge in [0, 0.05) is 11.6 Å². The molecule has 8 heteroatoms. The molecule has 4 rings (SSSR count). The van der Waals surface area contributed by atoms with Crippen molar-refractivity contribution in [2.45, 2.75) is 6.92 Å². The van der Waals surface area contributed by atoms with Crippen LogP contribution in [-0.4, -0.2) is 30.4 Å². The Morgan fingerprint density at radius 1 is 1.00 bits per heavy atom. The average molecular weight is 338 g/mol. The molecule has 0 fully saturated rings. The third-order valence-corrected chi connectivity index (χ3v) is 3.78. The van der Waals surface area contributed by atoms with Gasteiger partial charge in [-0.3, -0.25) is 5.10 Å². The predicted octanol–water partition coefficient (Wildman–Crippen LogP) is 3.31. The van der Waals surface area contributed by atoms with Crippen LogP contribution in [0.1, 0.15) is 5.56 Å². The van der Waals surface area contributed by atoms with E-state index in [-0.39, 0.29) is 0 Å². The van der Waals surface area contributed by atoms with E-state index in [1.807, 2.05) is 31.2 Å². The molecular weight excluding hydrogens is 326 g/mol. The number of tetrazole rings is 1. The zero-order chi connectivity index (χ0) is 17.4. The van der Waals surface area contributed by atoms with Crippen LogP contribution in [0.4, 0.5) is 8.78 Å². The van der Waals surface area contributed by atoms with E-state index in [1.54, 1.807) is 4.68 Å². The van der Waals surface area contributed by atoms with Gasteiger partial charge in [-0.25, -0.2) is 8.78 Å². The summed E-state index contributed by atoms with van der Waals surface area (Å²) in [5.74, 6) is -0.931. The van der Waals surface area contributed by atoms with Gasteiger partial charge in [0.1, 0.15) is 11.6 Å². The summed E-state index contributed by atoms with van der Waals surface area (Å²) in [5, 5.41) is 18.5. The Morgan fingerprint density at radius 2 is 1.72 bits per heavy atom. The molecule has 2 heterocycles. The first kappa shape index (κ1) is 15.1. The lowest BCUT2D eigenvalue weighted by atomic mass is 10.1. The fraction of sp³-hybridized carbons (Fsp3) is 0.0588. The van der Waals surface area contributed by atoms with Crippen molar-refractivity contribution in [3.63, 3.8) is 0 Å². The Morgan fingerprint density at radius 3 is 2.44 bits per heavy atom. The van der Waals surface area contributed by atoms with Gasteiger partial charge in [-0.2, -0.15) is 9.78 Å². The Labute approximate surface area is 141 Å². The van der Waals surface area contributed by atoms with E-state index in [0.717, 1.165) is 17.3 Å². The molecule has 0 bridgehead atoms. The topological polar surface area (TPSA) is 72.3 Å². The Kier molecular flexibility index (Phi) is 3.57. The summed E-state index contributed by atoms with van der Waals surface area (Å²) >= 11 is 0. The van der Waals surface area contributed by atoms with E-state index in [2.05, 4.69) is 25.7 Å². The molecule has 6 nitrogen and oxygen atoms in total. The largest absolute Gasteiger partial charge is 0.277 e. The van der Waals surface area contributed by atoms with Gasteiger partial charge in [0.2, 0.25) is 0 Å². The SMILES string of the molecule is Cc1ccc(-n2nnnc2-c2cn[nH]c2-c2cc(F)cc(F)c2)cc1. The third-order valence-electron chi connectivity index (χ3n) is 3.78. The minimum atomic E-state index is -0.673. The van der Waals surface area contributed by atoms with Crippen LogP contribution in [-0.2, 0) is 0 Å². The minimum absolute atomic E-state index is 0.323. The second-order valence-electron chi connectivity index (χ2n) is 5.57. The van der Waals surface area contributed by atoms with Crippen LogP contribution in [0, 0.1) is 18.6 Å². The average Bonchev–Trinajstić information content (AvgIpc) is 3.23. The highest BCUT2D eigenvalue weighted by atomic mass is 19.1. The third kappa shape index (κ3) is 2.78. The predicted molar refractivity (Wildman–Crippen MR) is 86.8 cm³/mol. The molecule has 2 aromatic carbocycles. The number of nitrogens with one attached hydrogen (secondary N) is 1. The first-order chi connectivity index (χ1) is 12.1. The summed E-state index contributed by atoms with van der Waals surface area (Å²) in [6.07, 6.45) is 1.52. The number of hydrogen-bond acceptors (Lipinski definition) is 4. The standard InChI is InChI=1S/C17H12F2N6/c1-10-2-4-14(5-3-10)25-17(22-23-24-25)15-9-20-21-16(15)11-6-12(18)8-13(19)7-11/h2-9H,1H3,(H,20,21). The first-order valence-electron chi connectivity index (χ1n) is 7.47. The molecule has 0 aliphatic heterocycles. The van der Waals surface area contributed by atoms with E-state index < -0.39 is 11.6 Å². The second kappa shape index (κ2) is 5.90. The van der Waals surface area contributed by atoms with Crippen LogP contribution in [0.15, 0.2) is 48.7 Å². The van der Waals surface area contributed by atoms with E-state index >= 15 is 0 Å². The van der Waals surface area contributed by atoms with Crippen LogP contribution in [0.2, 0.25) is 0 Å². The number of nitrogens with zero attached hydrogens (tertiary/aromatic N) is 5. The smallest absolute Gasteiger partial charge is 0.190 e. The van der Waals surface area contributed by atoms with Crippen molar-refractivity contribution >= 4 is 0 Å². The maximum Gasteiger partial charge on any atom is 0.190 e. The molecule has 0 radical (unpaired) electrons. The zero-order valence-electron chi connectivity index (χ0n) is 13.1. The van der Waals surface area contributed by atoms with Gasteiger partial charge < -0.3 is 0 Å². The summed E-state index contributed by atoms with van der Waals surface area (Å²) < 4.78 is 28.7. The van der Waals surface area contributed by atoms with Gasteiger partial charge in [0.25, 0.3) is 0 Å². The lowest BCUT2D eigenvalue weighted by molar-refractivity contribution is 0.584. The van der Waals surface area contributed by atoms with Crippen molar-refractivity contribution in [1.29, 1.82) is 0 Å². The van der Waals surface area contributed by atoms with Crippen LogP contribution < -0.4 is 0 Å². The molecule has 0 atom stereocenters. The van der Waals surface area contributed by atoms with Gasteiger partial charge in [-0.15, -0.1) is 5.10 Å². The molecule has 0 saturated carbocycles. The highest BCUT2D eigenvalue weighted by molar-refractivity contribution is 5.77. The number of aromatic nitrogens is 6. The van der Waals surface area contributed by atoms with Crippen molar-refractivity contribution in [3.05, 3.63) is 65.9 Å². The quantitative estimate of drug-likeness (QED) is 0.622. The Bertz CT molecular complexity index is 1020. The number of hydrogen-bond donors (Lipinski definition) is 1. The van der Waals surface area contributed by atoms with Crippen LogP contribution in [0.3, 0.4) is 0 Å². The number of rotatable bonds is 3.